The lowest BCUT2D eigenvalue weighted by Gasteiger charge is -2.20. The summed E-state index contributed by atoms with van der Waals surface area (Å²) >= 11 is 0. The Labute approximate surface area is 69.0 Å². The molecule has 3 atom stereocenters. The summed E-state index contributed by atoms with van der Waals surface area (Å²) in [5, 5.41) is 42.9. The summed E-state index contributed by atoms with van der Waals surface area (Å²) in [5.41, 5.74) is 0. The lowest BCUT2D eigenvalue weighted by atomic mass is 10.2. The molecule has 0 aliphatic heterocycles. The second-order valence-corrected chi connectivity index (χ2v) is 2.05. The Morgan fingerprint density at radius 3 is 2.25 bits per heavy atom. The molecular formula is C6H12O6. The smallest absolute Gasteiger partial charge is 0.225 e. The first-order valence-corrected chi connectivity index (χ1v) is 3.23. The van der Waals surface area contributed by atoms with Gasteiger partial charge in [0.25, 0.3) is 0 Å². The zero-order valence-corrected chi connectivity index (χ0v) is 6.24. The average Bonchev–Trinajstić information content (AvgIpc) is 2.11. The summed E-state index contributed by atoms with van der Waals surface area (Å²) in [6.45, 7) is -0.690. The Bertz CT molecular complexity index is 136. The van der Waals surface area contributed by atoms with Crippen LogP contribution in [0, 0.1) is 0 Å². The largest absolute Gasteiger partial charge is 0.512 e. The van der Waals surface area contributed by atoms with Crippen LogP contribution in [0.15, 0.2) is 12.5 Å². The van der Waals surface area contributed by atoms with E-state index in [-0.39, 0.29) is 0 Å². The first kappa shape index (κ1) is 11.2. The van der Waals surface area contributed by atoms with Crippen LogP contribution in [0.2, 0.25) is 0 Å². The van der Waals surface area contributed by atoms with E-state index in [0.717, 1.165) is 6.26 Å². The van der Waals surface area contributed by atoms with Crippen molar-refractivity contribution >= 4 is 0 Å². The molecule has 0 saturated carbocycles. The van der Waals surface area contributed by atoms with Crippen molar-refractivity contribution in [3.05, 3.63) is 12.5 Å². The van der Waals surface area contributed by atoms with Crippen molar-refractivity contribution in [1.82, 2.24) is 0 Å². The molecule has 6 nitrogen and oxygen atoms in total. The molecule has 0 aliphatic carbocycles. The van der Waals surface area contributed by atoms with Crippen molar-refractivity contribution in [2.45, 2.75) is 18.5 Å². The molecule has 0 bridgehead atoms. The summed E-state index contributed by atoms with van der Waals surface area (Å²) in [4.78, 5) is 0. The van der Waals surface area contributed by atoms with Crippen molar-refractivity contribution < 1.29 is 30.3 Å². The molecule has 6 heteroatoms. The maximum atomic E-state index is 8.91. The molecule has 12 heavy (non-hydrogen) atoms. The third kappa shape index (κ3) is 3.54. The van der Waals surface area contributed by atoms with E-state index in [0.29, 0.717) is 6.26 Å². The predicted molar refractivity (Wildman–Crippen MR) is 38.0 cm³/mol. The molecule has 72 valence electrons. The minimum atomic E-state index is -1.68. The highest BCUT2D eigenvalue weighted by Crippen LogP contribution is 2.01. The van der Waals surface area contributed by atoms with Crippen molar-refractivity contribution in [1.29, 1.82) is 0 Å². The number of hydrogen-bond donors (Lipinski definition) is 5. The first-order chi connectivity index (χ1) is 5.63. The Hall–Kier alpha value is -0.820. The second kappa shape index (κ2) is 5.78. The predicted octanol–water partition coefficient (Wildman–Crippen LogP) is -1.94. The van der Waals surface area contributed by atoms with Crippen LogP contribution < -0.4 is 0 Å². The van der Waals surface area contributed by atoms with Crippen LogP contribution in [-0.4, -0.2) is 50.6 Å². The van der Waals surface area contributed by atoms with Gasteiger partial charge in [0.2, 0.25) is 6.29 Å². The van der Waals surface area contributed by atoms with Gasteiger partial charge >= 0.3 is 0 Å². The molecule has 0 aromatic rings. The zero-order chi connectivity index (χ0) is 9.56. The number of ether oxygens (including phenoxy) is 1. The molecule has 0 aliphatic rings. The second-order valence-electron chi connectivity index (χ2n) is 2.05. The van der Waals surface area contributed by atoms with Gasteiger partial charge in [-0.25, -0.2) is 0 Å². The lowest BCUT2D eigenvalue weighted by molar-refractivity contribution is -0.168. The van der Waals surface area contributed by atoms with E-state index in [1.165, 1.54) is 0 Å². The van der Waals surface area contributed by atoms with Crippen LogP contribution in [0.4, 0.5) is 0 Å². The standard InChI is InChI=1S/C6H12O6/c7-1-2-12-6(11)5(10)4(9)3-8/h1-2,4-11H,3H2/b2-1-/t4?,5-,6-/m0/s1. The fraction of sp³-hybridized carbons (Fsp3) is 0.667. The van der Waals surface area contributed by atoms with Gasteiger partial charge in [0.1, 0.15) is 24.7 Å². The van der Waals surface area contributed by atoms with Crippen LogP contribution in [0.25, 0.3) is 0 Å². The number of aliphatic hydroxyl groups is 5. The molecule has 0 heterocycles. The van der Waals surface area contributed by atoms with E-state index in [1.807, 2.05) is 0 Å². The summed E-state index contributed by atoms with van der Waals surface area (Å²) < 4.78 is 4.28. The van der Waals surface area contributed by atoms with Gasteiger partial charge in [0.05, 0.1) is 6.61 Å². The number of aliphatic hydroxyl groups excluding tert-OH is 5. The highest BCUT2D eigenvalue weighted by atomic mass is 16.6. The van der Waals surface area contributed by atoms with E-state index in [4.69, 9.17) is 25.5 Å². The van der Waals surface area contributed by atoms with Crippen molar-refractivity contribution in [3.8, 4) is 0 Å². The Balaban J connectivity index is 3.82. The first-order valence-electron chi connectivity index (χ1n) is 3.23. The fourth-order valence-corrected chi connectivity index (χ4v) is 0.494. The van der Waals surface area contributed by atoms with Crippen LogP contribution in [0.1, 0.15) is 0 Å². The fourth-order valence-electron chi connectivity index (χ4n) is 0.494. The Morgan fingerprint density at radius 1 is 1.25 bits per heavy atom. The van der Waals surface area contributed by atoms with E-state index in [2.05, 4.69) is 4.74 Å². The van der Waals surface area contributed by atoms with Crippen molar-refractivity contribution in [2.75, 3.05) is 6.61 Å². The highest BCUT2D eigenvalue weighted by Gasteiger charge is 2.24. The maximum Gasteiger partial charge on any atom is 0.225 e. The maximum absolute atomic E-state index is 8.91. The number of rotatable bonds is 5. The third-order valence-electron chi connectivity index (χ3n) is 1.15. The zero-order valence-electron chi connectivity index (χ0n) is 6.24. The van der Waals surface area contributed by atoms with Gasteiger partial charge < -0.3 is 30.3 Å². The van der Waals surface area contributed by atoms with E-state index in [9.17, 15) is 0 Å². The molecule has 0 aromatic carbocycles. The molecule has 0 fully saturated rings. The molecule has 0 spiro atoms. The van der Waals surface area contributed by atoms with Gasteiger partial charge in [-0.05, 0) is 0 Å². The average molecular weight is 180 g/mol. The summed E-state index contributed by atoms with van der Waals surface area (Å²) in [6, 6.07) is 0. The third-order valence-corrected chi connectivity index (χ3v) is 1.15. The van der Waals surface area contributed by atoms with Crippen LogP contribution >= 0.6 is 0 Å². The minimum absolute atomic E-state index is 0.515. The molecule has 1 unspecified atom stereocenters. The Morgan fingerprint density at radius 2 is 1.83 bits per heavy atom. The monoisotopic (exact) mass is 180 g/mol. The van der Waals surface area contributed by atoms with Crippen LogP contribution in [0.5, 0.6) is 0 Å². The van der Waals surface area contributed by atoms with E-state index < -0.39 is 25.1 Å². The van der Waals surface area contributed by atoms with Gasteiger partial charge in [0.15, 0.2) is 0 Å². The molecule has 0 rings (SSSR count). The quantitative estimate of drug-likeness (QED) is 0.249. The molecular weight excluding hydrogens is 168 g/mol. The summed E-state index contributed by atoms with van der Waals surface area (Å²) in [5.74, 6) is 0. The molecule has 0 radical (unpaired) electrons. The van der Waals surface area contributed by atoms with Crippen LogP contribution in [0.3, 0.4) is 0 Å². The summed E-state index contributed by atoms with van der Waals surface area (Å²) in [6.07, 6.45) is -3.53. The summed E-state index contributed by atoms with van der Waals surface area (Å²) in [7, 11) is 0. The van der Waals surface area contributed by atoms with E-state index >= 15 is 0 Å². The SMILES string of the molecule is O/C=C\O[C@H](O)[C@@H](O)C(O)CO. The van der Waals surface area contributed by atoms with Crippen molar-refractivity contribution in [2.24, 2.45) is 0 Å². The number of hydrogen-bond acceptors (Lipinski definition) is 6. The van der Waals surface area contributed by atoms with Gasteiger partial charge in [-0.3, -0.25) is 0 Å². The molecule has 5 N–H and O–H groups in total. The normalized spacial score (nSPS) is 19.0. The molecule has 0 saturated heterocycles. The topological polar surface area (TPSA) is 110 Å². The van der Waals surface area contributed by atoms with Gasteiger partial charge in [0, 0.05) is 0 Å². The Kier molecular flexibility index (Phi) is 5.39. The molecule has 0 aromatic heterocycles. The highest BCUT2D eigenvalue weighted by molar-refractivity contribution is 4.70. The minimum Gasteiger partial charge on any atom is -0.512 e. The lowest BCUT2D eigenvalue weighted by Crippen LogP contribution is -2.40. The van der Waals surface area contributed by atoms with Gasteiger partial charge in [-0.15, -0.1) is 0 Å². The van der Waals surface area contributed by atoms with Crippen molar-refractivity contribution in [3.63, 3.8) is 0 Å². The molecule has 0 amide bonds. The van der Waals surface area contributed by atoms with Gasteiger partial charge in [-0.2, -0.15) is 0 Å². The van der Waals surface area contributed by atoms with Crippen LogP contribution in [-0.2, 0) is 4.74 Å². The van der Waals surface area contributed by atoms with E-state index in [1.54, 1.807) is 0 Å². The van der Waals surface area contributed by atoms with Gasteiger partial charge in [-0.1, -0.05) is 0 Å².